The SMILES string of the molecule is COCCN1CC(NC(=O)Nc2cccc3c(-c4ccccc4)n[nH]c23)C(c2ccccc2)C1. The fraction of sp³-hybridized carbons (Fsp3) is 0.259. The lowest BCUT2D eigenvalue weighted by Crippen LogP contribution is -2.42. The lowest BCUT2D eigenvalue weighted by molar-refractivity contribution is 0.159. The lowest BCUT2D eigenvalue weighted by Gasteiger charge is -2.20. The number of para-hydroxylation sites is 1. The molecule has 3 aromatic carbocycles. The summed E-state index contributed by atoms with van der Waals surface area (Å²) in [6.45, 7) is 3.18. The molecule has 2 unspecified atom stereocenters. The average Bonchev–Trinajstić information content (AvgIpc) is 3.49. The number of carbonyl (C=O) groups excluding carboxylic acids is 1. The van der Waals surface area contributed by atoms with Gasteiger partial charge in [0.1, 0.15) is 0 Å². The van der Waals surface area contributed by atoms with Crippen LogP contribution in [0, 0.1) is 0 Å². The van der Waals surface area contributed by atoms with Crippen LogP contribution in [0.4, 0.5) is 10.5 Å². The van der Waals surface area contributed by atoms with Gasteiger partial charge < -0.3 is 15.4 Å². The van der Waals surface area contributed by atoms with Crippen molar-refractivity contribution in [2.45, 2.75) is 12.0 Å². The fourth-order valence-electron chi connectivity index (χ4n) is 4.76. The number of urea groups is 1. The highest BCUT2D eigenvalue weighted by atomic mass is 16.5. The summed E-state index contributed by atoms with van der Waals surface area (Å²) < 4.78 is 5.26. The third-order valence-electron chi connectivity index (χ3n) is 6.45. The monoisotopic (exact) mass is 455 g/mol. The van der Waals surface area contributed by atoms with E-state index in [1.807, 2.05) is 66.7 Å². The Morgan fingerprint density at radius 2 is 1.79 bits per heavy atom. The first kappa shape index (κ1) is 22.1. The van der Waals surface area contributed by atoms with Crippen LogP contribution in [0.3, 0.4) is 0 Å². The number of benzene rings is 3. The van der Waals surface area contributed by atoms with E-state index in [0.29, 0.717) is 12.3 Å². The molecule has 0 saturated carbocycles. The molecule has 0 aliphatic carbocycles. The van der Waals surface area contributed by atoms with Crippen molar-refractivity contribution < 1.29 is 9.53 Å². The summed E-state index contributed by atoms with van der Waals surface area (Å²) in [5.74, 6) is 0.219. The van der Waals surface area contributed by atoms with E-state index in [1.165, 1.54) is 5.56 Å². The summed E-state index contributed by atoms with van der Waals surface area (Å²) in [5.41, 5.74) is 4.65. The maximum Gasteiger partial charge on any atom is 0.319 e. The van der Waals surface area contributed by atoms with Gasteiger partial charge in [0.05, 0.1) is 29.5 Å². The summed E-state index contributed by atoms with van der Waals surface area (Å²) in [5, 5.41) is 14.8. The lowest BCUT2D eigenvalue weighted by atomic mass is 9.94. The number of likely N-dealkylation sites (tertiary alicyclic amines) is 1. The van der Waals surface area contributed by atoms with Gasteiger partial charge in [-0.1, -0.05) is 72.8 Å². The van der Waals surface area contributed by atoms with E-state index in [0.717, 1.165) is 41.8 Å². The Bertz CT molecular complexity index is 1240. The number of aromatic amines is 1. The van der Waals surface area contributed by atoms with E-state index in [1.54, 1.807) is 7.11 Å². The van der Waals surface area contributed by atoms with Crippen LogP contribution in [0.25, 0.3) is 22.2 Å². The number of nitrogens with one attached hydrogen (secondary N) is 3. The number of carbonyl (C=O) groups is 1. The molecule has 1 saturated heterocycles. The van der Waals surface area contributed by atoms with E-state index in [4.69, 9.17) is 4.74 Å². The number of H-pyrrole nitrogens is 1. The van der Waals surface area contributed by atoms with E-state index in [2.05, 4.69) is 37.9 Å². The third-order valence-corrected chi connectivity index (χ3v) is 6.45. The number of hydrogen-bond donors (Lipinski definition) is 3. The predicted octanol–water partition coefficient (Wildman–Crippen LogP) is 4.47. The standard InChI is InChI=1S/C27H29N5O2/c1-34-16-15-32-17-22(19-9-4-2-5-10-19)24(18-32)29-27(33)28-23-14-8-13-21-25(30-31-26(21)23)20-11-6-3-7-12-20/h2-14,22,24H,15-18H2,1H3,(H,30,31)(H2,28,29,33). The molecular formula is C27H29N5O2. The molecule has 2 amide bonds. The highest BCUT2D eigenvalue weighted by molar-refractivity contribution is 6.04. The Morgan fingerprint density at radius 1 is 1.03 bits per heavy atom. The number of fused-ring (bicyclic) bond motifs is 1. The van der Waals surface area contributed by atoms with Crippen molar-refractivity contribution in [1.29, 1.82) is 0 Å². The Morgan fingerprint density at radius 3 is 2.56 bits per heavy atom. The van der Waals surface area contributed by atoms with Crippen LogP contribution < -0.4 is 10.6 Å². The zero-order chi connectivity index (χ0) is 23.3. The molecule has 3 N–H and O–H groups in total. The minimum atomic E-state index is -0.220. The largest absolute Gasteiger partial charge is 0.383 e. The number of aromatic nitrogens is 2. The van der Waals surface area contributed by atoms with Crippen molar-refractivity contribution in [2.24, 2.45) is 0 Å². The topological polar surface area (TPSA) is 82.3 Å². The van der Waals surface area contributed by atoms with Gasteiger partial charge in [0.25, 0.3) is 0 Å². The van der Waals surface area contributed by atoms with Crippen LogP contribution in [-0.4, -0.2) is 60.5 Å². The molecule has 1 aliphatic heterocycles. The van der Waals surface area contributed by atoms with Gasteiger partial charge in [-0.05, 0) is 11.6 Å². The minimum absolute atomic E-state index is 0.0000979. The molecule has 0 spiro atoms. The van der Waals surface area contributed by atoms with Crippen LogP contribution in [0.5, 0.6) is 0 Å². The number of nitrogens with zero attached hydrogens (tertiary/aromatic N) is 2. The summed E-state index contributed by atoms with van der Waals surface area (Å²) >= 11 is 0. The van der Waals surface area contributed by atoms with Crippen LogP contribution in [0.2, 0.25) is 0 Å². The molecule has 7 nitrogen and oxygen atoms in total. The van der Waals surface area contributed by atoms with Crippen molar-refractivity contribution in [2.75, 3.05) is 38.7 Å². The molecule has 0 radical (unpaired) electrons. The van der Waals surface area contributed by atoms with Crippen molar-refractivity contribution in [3.05, 3.63) is 84.4 Å². The second kappa shape index (κ2) is 10.1. The van der Waals surface area contributed by atoms with Gasteiger partial charge in [0.2, 0.25) is 0 Å². The van der Waals surface area contributed by atoms with Crippen molar-refractivity contribution in [3.8, 4) is 11.3 Å². The van der Waals surface area contributed by atoms with E-state index < -0.39 is 0 Å². The van der Waals surface area contributed by atoms with Crippen LogP contribution in [0.1, 0.15) is 11.5 Å². The smallest absolute Gasteiger partial charge is 0.319 e. The number of hydrogen-bond acceptors (Lipinski definition) is 4. The number of amides is 2. The first-order chi connectivity index (χ1) is 16.7. The third kappa shape index (κ3) is 4.66. The summed E-state index contributed by atoms with van der Waals surface area (Å²) in [7, 11) is 1.72. The van der Waals surface area contributed by atoms with Gasteiger partial charge in [0.15, 0.2) is 0 Å². The number of methoxy groups -OCH3 is 1. The Hall–Kier alpha value is -3.68. The van der Waals surface area contributed by atoms with E-state index in [-0.39, 0.29) is 18.0 Å². The molecule has 5 rings (SSSR count). The Balaban J connectivity index is 1.33. The summed E-state index contributed by atoms with van der Waals surface area (Å²) in [6, 6.07) is 26.0. The number of anilines is 1. The van der Waals surface area contributed by atoms with Crippen molar-refractivity contribution in [3.63, 3.8) is 0 Å². The Labute approximate surface area is 199 Å². The molecule has 2 atom stereocenters. The van der Waals surface area contributed by atoms with Crippen molar-refractivity contribution in [1.82, 2.24) is 20.4 Å². The zero-order valence-electron chi connectivity index (χ0n) is 19.2. The Kier molecular flexibility index (Phi) is 6.56. The van der Waals surface area contributed by atoms with Crippen molar-refractivity contribution >= 4 is 22.6 Å². The first-order valence-electron chi connectivity index (χ1n) is 11.6. The molecule has 1 aromatic heterocycles. The van der Waals surface area contributed by atoms with E-state index >= 15 is 0 Å². The van der Waals surface area contributed by atoms with Gasteiger partial charge in [-0.3, -0.25) is 10.00 Å². The zero-order valence-corrected chi connectivity index (χ0v) is 19.2. The molecule has 1 aliphatic rings. The molecule has 174 valence electrons. The normalized spacial score (nSPS) is 18.3. The summed E-state index contributed by atoms with van der Waals surface area (Å²) in [6.07, 6.45) is 0. The van der Waals surface area contributed by atoms with Gasteiger partial charge in [-0.15, -0.1) is 0 Å². The molecular weight excluding hydrogens is 426 g/mol. The first-order valence-corrected chi connectivity index (χ1v) is 11.6. The predicted molar refractivity (Wildman–Crippen MR) is 135 cm³/mol. The molecule has 34 heavy (non-hydrogen) atoms. The maximum atomic E-state index is 13.1. The maximum absolute atomic E-state index is 13.1. The number of rotatable bonds is 7. The average molecular weight is 456 g/mol. The van der Waals surface area contributed by atoms with Crippen LogP contribution in [-0.2, 0) is 4.74 Å². The van der Waals surface area contributed by atoms with E-state index in [9.17, 15) is 4.79 Å². The quantitative estimate of drug-likeness (QED) is 0.384. The highest BCUT2D eigenvalue weighted by Crippen LogP contribution is 2.31. The van der Waals surface area contributed by atoms with Gasteiger partial charge in [0, 0.05) is 43.6 Å². The van der Waals surface area contributed by atoms with Gasteiger partial charge in [-0.2, -0.15) is 5.10 Å². The summed E-state index contributed by atoms with van der Waals surface area (Å²) in [4.78, 5) is 15.4. The van der Waals surface area contributed by atoms with Crippen LogP contribution >= 0.6 is 0 Å². The second-order valence-corrected chi connectivity index (χ2v) is 8.64. The van der Waals surface area contributed by atoms with Crippen LogP contribution in [0.15, 0.2) is 78.9 Å². The molecule has 0 bridgehead atoms. The minimum Gasteiger partial charge on any atom is -0.383 e. The molecule has 7 heteroatoms. The van der Waals surface area contributed by atoms with Gasteiger partial charge >= 0.3 is 6.03 Å². The fourth-order valence-corrected chi connectivity index (χ4v) is 4.76. The molecule has 1 fully saturated rings. The van der Waals surface area contributed by atoms with Gasteiger partial charge in [-0.25, -0.2) is 4.79 Å². The molecule has 4 aromatic rings. The second-order valence-electron chi connectivity index (χ2n) is 8.64. The highest BCUT2D eigenvalue weighted by Gasteiger charge is 2.34. The number of ether oxygens (including phenoxy) is 1. The molecule has 2 heterocycles.